The summed E-state index contributed by atoms with van der Waals surface area (Å²) >= 11 is 42.1. The quantitative estimate of drug-likeness (QED) is 0.122. The SMILES string of the molecule is CCCC[N+](CCCC)(CCCC)CCCC.[Ni].[S-]c1c(Cl)ccc(Cl)c1[S-].[S-]c1c(Cl)ccc(Cl)c1[S-]. The van der Waals surface area contributed by atoms with Crippen LogP contribution in [0.3, 0.4) is 0 Å². The first-order valence-electron chi connectivity index (χ1n) is 13.0. The molecule has 1 nitrogen and oxygen atoms in total. The summed E-state index contributed by atoms with van der Waals surface area (Å²) in [6.07, 6.45) is 11.1. The van der Waals surface area contributed by atoms with Gasteiger partial charge in [-0.05, 0) is 49.9 Å². The van der Waals surface area contributed by atoms with Crippen LogP contribution in [0.5, 0.6) is 0 Å². The van der Waals surface area contributed by atoms with Crippen molar-refractivity contribution in [3.05, 3.63) is 44.4 Å². The molecule has 0 saturated carbocycles. The first kappa shape index (κ1) is 41.1. The molecule has 0 fully saturated rings. The molecule has 0 atom stereocenters. The molecule has 222 valence electrons. The first-order chi connectivity index (χ1) is 17.5. The molecule has 0 aliphatic carbocycles. The van der Waals surface area contributed by atoms with E-state index in [1.54, 1.807) is 24.3 Å². The molecule has 2 aromatic rings. The third-order valence-electron chi connectivity index (χ3n) is 5.98. The fourth-order valence-corrected chi connectivity index (χ4v) is 5.24. The number of hydrogen-bond donors (Lipinski definition) is 0. The van der Waals surface area contributed by atoms with Crippen molar-refractivity contribution in [3.8, 4) is 0 Å². The van der Waals surface area contributed by atoms with Gasteiger partial charge in [0.2, 0.25) is 0 Å². The van der Waals surface area contributed by atoms with E-state index in [1.807, 2.05) is 0 Å². The molecule has 0 unspecified atom stereocenters. The minimum atomic E-state index is 0. The van der Waals surface area contributed by atoms with Crippen LogP contribution in [0.4, 0.5) is 0 Å². The van der Waals surface area contributed by atoms with Crippen molar-refractivity contribution in [2.75, 3.05) is 26.2 Å². The summed E-state index contributed by atoms with van der Waals surface area (Å²) in [6.45, 7) is 15.0. The molecule has 0 radical (unpaired) electrons. The Morgan fingerprint density at radius 2 is 0.658 bits per heavy atom. The molecule has 0 bridgehead atoms. The van der Waals surface area contributed by atoms with Crippen LogP contribution in [0.15, 0.2) is 43.8 Å². The summed E-state index contributed by atoms with van der Waals surface area (Å²) in [7, 11) is 0. The molecule has 0 saturated heterocycles. The molecule has 0 aliphatic heterocycles. The van der Waals surface area contributed by atoms with Gasteiger partial charge in [-0.2, -0.15) is 19.6 Å². The normalized spacial score (nSPS) is 10.5. The monoisotopic (exact) mass is 716 g/mol. The molecule has 2 rings (SSSR count). The topological polar surface area (TPSA) is 0 Å². The van der Waals surface area contributed by atoms with Gasteiger partial charge in [-0.1, -0.05) is 99.8 Å². The Morgan fingerprint density at radius 3 is 0.816 bits per heavy atom. The smallest absolute Gasteiger partial charge is 0.0786 e. The molecule has 0 N–H and O–H groups in total. The Morgan fingerprint density at radius 1 is 0.474 bits per heavy atom. The van der Waals surface area contributed by atoms with Crippen molar-refractivity contribution in [1.82, 2.24) is 0 Å². The first-order valence-corrected chi connectivity index (χ1v) is 16.1. The van der Waals surface area contributed by atoms with Gasteiger partial charge in [0.1, 0.15) is 0 Å². The van der Waals surface area contributed by atoms with Gasteiger partial charge in [0.25, 0.3) is 0 Å². The van der Waals surface area contributed by atoms with E-state index in [0.717, 1.165) is 0 Å². The molecular formula is C28H40Cl4NNiS4-3. The van der Waals surface area contributed by atoms with Gasteiger partial charge in [-0.3, -0.25) is 0 Å². The maximum absolute atomic E-state index is 5.66. The van der Waals surface area contributed by atoms with Gasteiger partial charge in [-0.15, -0.1) is 0 Å². The van der Waals surface area contributed by atoms with E-state index in [2.05, 4.69) is 27.7 Å². The Balaban J connectivity index is 0. The van der Waals surface area contributed by atoms with Gasteiger partial charge in [0.05, 0.1) is 26.2 Å². The molecule has 0 amide bonds. The number of quaternary nitrogens is 1. The van der Waals surface area contributed by atoms with Crippen molar-refractivity contribution in [3.63, 3.8) is 0 Å². The second-order valence-corrected chi connectivity index (χ2v) is 12.3. The van der Waals surface area contributed by atoms with Crippen LogP contribution in [0.1, 0.15) is 79.1 Å². The second kappa shape index (κ2) is 23.5. The van der Waals surface area contributed by atoms with E-state index in [9.17, 15) is 0 Å². The summed E-state index contributed by atoms with van der Waals surface area (Å²) in [5.41, 5.74) is 0. The van der Waals surface area contributed by atoms with E-state index in [0.29, 0.717) is 39.7 Å². The van der Waals surface area contributed by atoms with Crippen molar-refractivity contribution in [2.24, 2.45) is 0 Å². The van der Waals surface area contributed by atoms with Crippen LogP contribution < -0.4 is 0 Å². The molecular weight excluding hydrogens is 679 g/mol. The van der Waals surface area contributed by atoms with E-state index in [1.165, 1.54) is 82.0 Å². The van der Waals surface area contributed by atoms with Crippen molar-refractivity contribution in [1.29, 1.82) is 0 Å². The zero-order valence-electron chi connectivity index (χ0n) is 22.7. The van der Waals surface area contributed by atoms with E-state index < -0.39 is 0 Å². The van der Waals surface area contributed by atoms with E-state index in [4.69, 9.17) is 96.9 Å². The molecule has 38 heavy (non-hydrogen) atoms. The number of rotatable bonds is 12. The Kier molecular flexibility index (Phi) is 25.4. The van der Waals surface area contributed by atoms with Crippen LogP contribution in [0, 0.1) is 0 Å². The summed E-state index contributed by atoms with van der Waals surface area (Å²) in [4.78, 5) is 1.85. The molecule has 2 aromatic carbocycles. The zero-order chi connectivity index (χ0) is 28.4. The standard InChI is InChI=1S/C16H36N.2C6H4Cl2S2.Ni/c1-5-9-13-17(14-10-6-2,15-11-7-3)16-12-8-4;2*7-3-1-2-4(8)6(10)5(3)9;/h5-16H2,1-4H3;2*1-2,9-10H;/q+1;;;/p-4. The average Bonchev–Trinajstić information content (AvgIpc) is 2.90. The van der Waals surface area contributed by atoms with Gasteiger partial charge < -0.3 is 55.0 Å². The fourth-order valence-electron chi connectivity index (χ4n) is 3.67. The van der Waals surface area contributed by atoms with E-state index in [-0.39, 0.29) is 16.5 Å². The minimum absolute atomic E-state index is 0. The number of halogens is 4. The van der Waals surface area contributed by atoms with Crippen LogP contribution in [0.25, 0.3) is 0 Å². The van der Waals surface area contributed by atoms with Gasteiger partial charge >= 0.3 is 0 Å². The Hall–Kier alpha value is 0.934. The van der Waals surface area contributed by atoms with Crippen LogP contribution in [-0.4, -0.2) is 30.7 Å². The third kappa shape index (κ3) is 15.8. The Labute approximate surface area is 284 Å². The number of nitrogens with zero attached hydrogens (tertiary/aromatic N) is 1. The average molecular weight is 719 g/mol. The van der Waals surface area contributed by atoms with Crippen LogP contribution in [0.2, 0.25) is 20.1 Å². The maximum atomic E-state index is 5.66. The molecule has 0 aromatic heterocycles. The van der Waals surface area contributed by atoms with Crippen molar-refractivity contribution in [2.45, 2.75) is 98.6 Å². The largest absolute Gasteiger partial charge is 0.780 e. The molecule has 0 aliphatic rings. The van der Waals surface area contributed by atoms with Gasteiger partial charge in [-0.25, -0.2) is 0 Å². The van der Waals surface area contributed by atoms with Gasteiger partial charge in [0, 0.05) is 36.6 Å². The maximum Gasteiger partial charge on any atom is 0.0786 e. The molecule has 0 heterocycles. The fraction of sp³-hybridized carbons (Fsp3) is 0.571. The zero-order valence-corrected chi connectivity index (χ0v) is 30.0. The predicted molar refractivity (Wildman–Crippen MR) is 175 cm³/mol. The van der Waals surface area contributed by atoms with Crippen molar-refractivity contribution >= 4 is 96.9 Å². The Bertz CT molecular complexity index is 772. The summed E-state index contributed by atoms with van der Waals surface area (Å²) in [5.74, 6) is 0. The van der Waals surface area contributed by atoms with Crippen LogP contribution >= 0.6 is 46.4 Å². The number of unbranched alkanes of at least 4 members (excludes halogenated alkanes) is 4. The number of hydrogen-bond acceptors (Lipinski definition) is 4. The third-order valence-corrected chi connectivity index (χ3v) is 9.64. The summed E-state index contributed by atoms with van der Waals surface area (Å²) in [6, 6.07) is 6.56. The van der Waals surface area contributed by atoms with Gasteiger partial charge in [0.15, 0.2) is 0 Å². The summed E-state index contributed by atoms with van der Waals surface area (Å²) < 4.78 is 1.42. The second-order valence-electron chi connectivity index (χ2n) is 9.03. The number of benzene rings is 2. The predicted octanol–water partition coefficient (Wildman–Crippen LogP) is 10.6. The van der Waals surface area contributed by atoms with Crippen molar-refractivity contribution < 1.29 is 21.0 Å². The van der Waals surface area contributed by atoms with Crippen LogP contribution in [-0.2, 0) is 67.0 Å². The minimum Gasteiger partial charge on any atom is -0.780 e. The molecule has 0 spiro atoms. The molecule has 10 heteroatoms. The summed E-state index contributed by atoms with van der Waals surface area (Å²) in [5, 5.41) is 1.96. The van der Waals surface area contributed by atoms with E-state index >= 15 is 0 Å².